The van der Waals surface area contributed by atoms with Gasteiger partial charge < -0.3 is 24.8 Å². The Kier molecular flexibility index (Phi) is 5.14. The minimum absolute atomic E-state index is 0.0496. The average Bonchev–Trinajstić information content (AvgIpc) is 3.19. The highest BCUT2D eigenvalue weighted by atomic mass is 19.1. The van der Waals surface area contributed by atoms with E-state index in [9.17, 15) is 9.18 Å². The van der Waals surface area contributed by atoms with Crippen molar-refractivity contribution in [2.45, 2.75) is 13.0 Å². The second kappa shape index (κ2) is 8.10. The number of pyridine rings is 1. The van der Waals surface area contributed by atoms with Gasteiger partial charge in [-0.05, 0) is 19.1 Å². The van der Waals surface area contributed by atoms with Gasteiger partial charge in [0, 0.05) is 45.5 Å². The van der Waals surface area contributed by atoms with Gasteiger partial charge in [-0.15, -0.1) is 0 Å². The Morgan fingerprint density at radius 2 is 2.00 bits per heavy atom. The number of nitrogens with one attached hydrogen (secondary N) is 2. The molecular formula is C21H25FN8O. The molecule has 5 heterocycles. The van der Waals surface area contributed by atoms with Crippen LogP contribution in [0, 0.1) is 11.7 Å². The number of amides is 1. The summed E-state index contributed by atoms with van der Waals surface area (Å²) in [5.74, 6) is 0.0800. The van der Waals surface area contributed by atoms with Crippen molar-refractivity contribution in [1.82, 2.24) is 30.0 Å². The summed E-state index contributed by atoms with van der Waals surface area (Å²) in [4.78, 5) is 29.5. The SMILES string of the molecule is CC(NC(=O)C1CN(c2nc(N3CCNCC3)ncc2F)C1)c1cnc2ccccn12. The van der Waals surface area contributed by atoms with Crippen LogP contribution >= 0.6 is 0 Å². The predicted molar refractivity (Wildman–Crippen MR) is 115 cm³/mol. The molecule has 2 N–H and O–H groups in total. The van der Waals surface area contributed by atoms with Crippen LogP contribution in [0.2, 0.25) is 0 Å². The third-order valence-electron chi connectivity index (χ3n) is 5.91. The number of carbonyl (C=O) groups is 1. The molecule has 3 aromatic rings. The van der Waals surface area contributed by atoms with Crippen LogP contribution in [0.3, 0.4) is 0 Å². The van der Waals surface area contributed by atoms with E-state index in [1.807, 2.05) is 40.6 Å². The standard InChI is InChI=1S/C21H25FN8O/c1-14(17-11-24-18-4-2-3-7-30(17)18)26-20(31)15-12-29(13-15)19-16(22)10-25-21(27-19)28-8-5-23-6-9-28/h2-4,7,10-11,14-15,23H,5-6,8-9,12-13H2,1H3,(H,26,31). The van der Waals surface area contributed by atoms with Crippen molar-refractivity contribution in [1.29, 1.82) is 0 Å². The zero-order valence-electron chi connectivity index (χ0n) is 17.3. The van der Waals surface area contributed by atoms with Crippen molar-refractivity contribution in [2.75, 3.05) is 49.1 Å². The number of nitrogens with zero attached hydrogens (tertiary/aromatic N) is 6. The van der Waals surface area contributed by atoms with Crippen LogP contribution < -0.4 is 20.4 Å². The Labute approximate surface area is 179 Å². The third-order valence-corrected chi connectivity index (χ3v) is 5.91. The van der Waals surface area contributed by atoms with Crippen molar-refractivity contribution in [3.63, 3.8) is 0 Å². The fourth-order valence-electron chi connectivity index (χ4n) is 4.08. The molecule has 2 aliphatic heterocycles. The Bertz CT molecular complexity index is 1090. The van der Waals surface area contributed by atoms with Gasteiger partial charge in [0.25, 0.3) is 0 Å². The summed E-state index contributed by atoms with van der Waals surface area (Å²) in [6, 6.07) is 5.60. The van der Waals surface area contributed by atoms with Gasteiger partial charge in [0.05, 0.1) is 30.0 Å². The van der Waals surface area contributed by atoms with Crippen LogP contribution in [-0.2, 0) is 4.79 Å². The molecule has 2 fully saturated rings. The number of piperazine rings is 1. The number of halogens is 1. The van der Waals surface area contributed by atoms with Crippen molar-refractivity contribution < 1.29 is 9.18 Å². The highest BCUT2D eigenvalue weighted by molar-refractivity contribution is 5.82. The highest BCUT2D eigenvalue weighted by Crippen LogP contribution is 2.27. The number of rotatable bonds is 5. The van der Waals surface area contributed by atoms with Crippen molar-refractivity contribution in [3.8, 4) is 0 Å². The Hall–Kier alpha value is -3.27. The molecule has 9 nitrogen and oxygen atoms in total. The normalized spacial score (nSPS) is 18.1. The molecular weight excluding hydrogens is 399 g/mol. The zero-order valence-corrected chi connectivity index (χ0v) is 17.3. The lowest BCUT2D eigenvalue weighted by Gasteiger charge is -2.40. The van der Waals surface area contributed by atoms with Gasteiger partial charge in [-0.3, -0.25) is 4.79 Å². The summed E-state index contributed by atoms with van der Waals surface area (Å²) in [5, 5.41) is 6.34. The smallest absolute Gasteiger partial charge is 0.227 e. The first-order valence-electron chi connectivity index (χ1n) is 10.6. The van der Waals surface area contributed by atoms with Crippen molar-refractivity contribution >= 4 is 23.3 Å². The van der Waals surface area contributed by atoms with Crippen LogP contribution in [0.4, 0.5) is 16.2 Å². The molecule has 1 atom stereocenters. The Morgan fingerprint density at radius 3 is 2.81 bits per heavy atom. The predicted octanol–water partition coefficient (Wildman–Crippen LogP) is 0.987. The first kappa shape index (κ1) is 19.7. The summed E-state index contributed by atoms with van der Waals surface area (Å²) < 4.78 is 16.3. The molecule has 31 heavy (non-hydrogen) atoms. The van der Waals surface area contributed by atoms with Gasteiger partial charge in [0.2, 0.25) is 11.9 Å². The van der Waals surface area contributed by atoms with Gasteiger partial charge >= 0.3 is 0 Å². The monoisotopic (exact) mass is 424 g/mol. The lowest BCUT2D eigenvalue weighted by Crippen LogP contribution is -2.54. The van der Waals surface area contributed by atoms with Gasteiger partial charge in [-0.2, -0.15) is 4.98 Å². The molecule has 1 unspecified atom stereocenters. The van der Waals surface area contributed by atoms with E-state index in [1.165, 1.54) is 6.20 Å². The number of imidazole rings is 1. The number of anilines is 2. The minimum Gasteiger partial charge on any atom is -0.352 e. The molecule has 10 heteroatoms. The maximum Gasteiger partial charge on any atom is 0.227 e. The van der Waals surface area contributed by atoms with E-state index in [0.29, 0.717) is 19.0 Å². The first-order valence-corrected chi connectivity index (χ1v) is 10.6. The zero-order chi connectivity index (χ0) is 21.4. The number of fused-ring (bicyclic) bond motifs is 1. The fraction of sp³-hybridized carbons (Fsp3) is 0.429. The minimum atomic E-state index is -0.461. The number of aromatic nitrogens is 4. The molecule has 0 radical (unpaired) electrons. The lowest BCUT2D eigenvalue weighted by atomic mass is 9.98. The van der Waals surface area contributed by atoms with E-state index < -0.39 is 5.82 Å². The molecule has 0 aromatic carbocycles. The molecule has 3 aromatic heterocycles. The second-order valence-corrected chi connectivity index (χ2v) is 8.02. The number of hydrogen-bond donors (Lipinski definition) is 2. The number of hydrogen-bond acceptors (Lipinski definition) is 7. The summed E-state index contributed by atoms with van der Waals surface area (Å²) in [5.41, 5.74) is 1.76. The molecule has 0 spiro atoms. The van der Waals surface area contributed by atoms with Gasteiger partial charge in [-0.1, -0.05) is 6.07 Å². The van der Waals surface area contributed by atoms with E-state index in [1.54, 1.807) is 11.1 Å². The van der Waals surface area contributed by atoms with Gasteiger partial charge in [0.15, 0.2) is 11.6 Å². The van der Waals surface area contributed by atoms with Gasteiger partial charge in [-0.25, -0.2) is 14.4 Å². The van der Waals surface area contributed by atoms with Crippen LogP contribution in [0.1, 0.15) is 18.7 Å². The number of carbonyl (C=O) groups excluding carboxylic acids is 1. The maximum atomic E-state index is 14.4. The molecule has 0 aliphatic carbocycles. The molecule has 1 amide bonds. The Balaban J connectivity index is 1.22. The van der Waals surface area contributed by atoms with E-state index in [0.717, 1.165) is 37.5 Å². The van der Waals surface area contributed by atoms with E-state index in [2.05, 4.69) is 25.6 Å². The summed E-state index contributed by atoms with van der Waals surface area (Å²) >= 11 is 0. The first-order chi connectivity index (χ1) is 15.1. The van der Waals surface area contributed by atoms with E-state index in [4.69, 9.17) is 0 Å². The van der Waals surface area contributed by atoms with Crippen LogP contribution in [0.25, 0.3) is 5.65 Å². The summed E-state index contributed by atoms with van der Waals surface area (Å²) in [7, 11) is 0. The molecule has 0 bridgehead atoms. The molecule has 0 saturated carbocycles. The van der Waals surface area contributed by atoms with Crippen LogP contribution in [-0.4, -0.2) is 64.5 Å². The maximum absolute atomic E-state index is 14.4. The third kappa shape index (κ3) is 3.78. The quantitative estimate of drug-likeness (QED) is 0.631. The van der Waals surface area contributed by atoms with Crippen molar-refractivity contribution in [3.05, 3.63) is 48.3 Å². The van der Waals surface area contributed by atoms with Crippen molar-refractivity contribution in [2.24, 2.45) is 5.92 Å². The molecule has 2 aliphatic rings. The second-order valence-electron chi connectivity index (χ2n) is 8.02. The average molecular weight is 424 g/mol. The summed E-state index contributed by atoms with van der Waals surface area (Å²) in [6.07, 6.45) is 4.93. The molecule has 5 rings (SSSR count). The van der Waals surface area contributed by atoms with Crippen LogP contribution in [0.15, 0.2) is 36.8 Å². The lowest BCUT2D eigenvalue weighted by molar-refractivity contribution is -0.126. The largest absolute Gasteiger partial charge is 0.352 e. The fourth-order valence-corrected chi connectivity index (χ4v) is 4.08. The van der Waals surface area contributed by atoms with Gasteiger partial charge in [0.1, 0.15) is 5.65 Å². The van der Waals surface area contributed by atoms with E-state index >= 15 is 0 Å². The molecule has 2 saturated heterocycles. The Morgan fingerprint density at radius 1 is 1.19 bits per heavy atom. The van der Waals surface area contributed by atoms with Crippen LogP contribution in [0.5, 0.6) is 0 Å². The summed E-state index contributed by atoms with van der Waals surface area (Å²) in [6.45, 7) is 6.09. The molecule has 162 valence electrons. The van der Waals surface area contributed by atoms with E-state index in [-0.39, 0.29) is 23.7 Å². The topological polar surface area (TPSA) is 90.7 Å². The highest BCUT2D eigenvalue weighted by Gasteiger charge is 2.36.